The van der Waals surface area contributed by atoms with Gasteiger partial charge in [-0.05, 0) is 22.9 Å². The number of carbonyl (C=O) groups excluding carboxylic acids is 3. The molecule has 0 saturated carbocycles. The molecule has 7 heteroatoms. The summed E-state index contributed by atoms with van der Waals surface area (Å²) in [5, 5.41) is 8.84. The molecule has 2 aromatic carbocycles. The molecule has 0 saturated heterocycles. The van der Waals surface area contributed by atoms with Crippen LogP contribution in [-0.4, -0.2) is 30.9 Å². The highest BCUT2D eigenvalue weighted by Gasteiger charge is 2.12. The Bertz CT molecular complexity index is 932. The SMILES string of the molecule is O=C(COC(=O)CNC(=O)c1cccs1)Nc1cccc2ccccc12. The molecule has 2 N–H and O–H groups in total. The van der Waals surface area contributed by atoms with Gasteiger partial charge in [-0.1, -0.05) is 42.5 Å². The van der Waals surface area contributed by atoms with Crippen molar-refractivity contribution in [2.24, 2.45) is 0 Å². The summed E-state index contributed by atoms with van der Waals surface area (Å²) in [5.41, 5.74) is 0.648. The standard InChI is InChI=1S/C19H16N2O4S/c22-17(21-15-8-3-6-13-5-1-2-7-14(13)15)12-25-18(23)11-20-19(24)16-9-4-10-26-16/h1-10H,11-12H2,(H,20,24)(H,21,22). The summed E-state index contributed by atoms with van der Waals surface area (Å²) in [5.74, 6) is -1.47. The highest BCUT2D eigenvalue weighted by Crippen LogP contribution is 2.22. The quantitative estimate of drug-likeness (QED) is 0.655. The molecule has 132 valence electrons. The third kappa shape index (κ3) is 4.46. The van der Waals surface area contributed by atoms with Crippen LogP contribution in [0.4, 0.5) is 5.69 Å². The molecule has 3 aromatic rings. The van der Waals surface area contributed by atoms with Gasteiger partial charge in [-0.25, -0.2) is 0 Å². The van der Waals surface area contributed by atoms with Gasteiger partial charge in [-0.15, -0.1) is 11.3 Å². The second-order valence-electron chi connectivity index (χ2n) is 5.40. The second kappa shape index (κ2) is 8.26. The third-order valence-corrected chi connectivity index (χ3v) is 4.43. The van der Waals surface area contributed by atoms with Crippen LogP contribution in [0.5, 0.6) is 0 Å². The molecule has 1 heterocycles. The molecule has 0 aliphatic heterocycles. The van der Waals surface area contributed by atoms with Gasteiger partial charge in [-0.3, -0.25) is 14.4 Å². The van der Waals surface area contributed by atoms with E-state index in [4.69, 9.17) is 4.74 Å². The van der Waals surface area contributed by atoms with E-state index in [1.54, 1.807) is 23.6 Å². The monoisotopic (exact) mass is 368 g/mol. The van der Waals surface area contributed by atoms with E-state index in [0.717, 1.165) is 10.8 Å². The lowest BCUT2D eigenvalue weighted by atomic mass is 10.1. The van der Waals surface area contributed by atoms with E-state index in [1.165, 1.54) is 11.3 Å². The average Bonchev–Trinajstić information content (AvgIpc) is 3.19. The Morgan fingerprint density at radius 1 is 0.962 bits per heavy atom. The summed E-state index contributed by atoms with van der Waals surface area (Å²) in [7, 11) is 0. The Hall–Kier alpha value is -3.19. The first-order valence-electron chi connectivity index (χ1n) is 7.88. The van der Waals surface area contributed by atoms with E-state index in [9.17, 15) is 14.4 Å². The normalized spacial score (nSPS) is 10.3. The molecule has 6 nitrogen and oxygen atoms in total. The van der Waals surface area contributed by atoms with E-state index < -0.39 is 18.5 Å². The van der Waals surface area contributed by atoms with E-state index >= 15 is 0 Å². The van der Waals surface area contributed by atoms with Crippen molar-refractivity contribution in [2.45, 2.75) is 0 Å². The number of amides is 2. The van der Waals surface area contributed by atoms with E-state index in [-0.39, 0.29) is 12.5 Å². The number of thiophene rings is 1. The van der Waals surface area contributed by atoms with Gasteiger partial charge in [0.15, 0.2) is 6.61 Å². The minimum Gasteiger partial charge on any atom is -0.454 e. The minimum absolute atomic E-state index is 0.293. The average molecular weight is 368 g/mol. The van der Waals surface area contributed by atoms with E-state index in [1.807, 2.05) is 36.4 Å². The number of esters is 1. The van der Waals surface area contributed by atoms with Crippen LogP contribution in [0.15, 0.2) is 60.0 Å². The number of ether oxygens (including phenoxy) is 1. The maximum Gasteiger partial charge on any atom is 0.325 e. The highest BCUT2D eigenvalue weighted by atomic mass is 32.1. The molecule has 0 radical (unpaired) electrons. The van der Waals surface area contributed by atoms with Crippen molar-refractivity contribution < 1.29 is 19.1 Å². The van der Waals surface area contributed by atoms with Gasteiger partial charge >= 0.3 is 5.97 Å². The summed E-state index contributed by atoms with van der Waals surface area (Å²) in [6.45, 7) is -0.713. The van der Waals surface area contributed by atoms with E-state index in [2.05, 4.69) is 10.6 Å². The van der Waals surface area contributed by atoms with Gasteiger partial charge in [0, 0.05) is 11.1 Å². The first-order valence-corrected chi connectivity index (χ1v) is 8.76. The number of fused-ring (bicyclic) bond motifs is 1. The number of carbonyl (C=O) groups is 3. The predicted octanol–water partition coefficient (Wildman–Crippen LogP) is 2.81. The Kier molecular flexibility index (Phi) is 5.60. The minimum atomic E-state index is -0.678. The summed E-state index contributed by atoms with van der Waals surface area (Å²) >= 11 is 1.27. The maximum absolute atomic E-state index is 12.0. The maximum atomic E-state index is 12.0. The number of hydrogen-bond acceptors (Lipinski definition) is 5. The lowest BCUT2D eigenvalue weighted by Gasteiger charge is -2.09. The van der Waals surface area contributed by atoms with Crippen LogP contribution in [0.1, 0.15) is 9.67 Å². The zero-order valence-corrected chi connectivity index (χ0v) is 14.5. The number of benzene rings is 2. The summed E-state index contributed by atoms with van der Waals surface area (Å²) in [6, 6.07) is 16.6. The molecule has 0 aliphatic carbocycles. The van der Waals surface area contributed by atoms with Crippen molar-refractivity contribution in [3.05, 3.63) is 64.9 Å². The van der Waals surface area contributed by atoms with Crippen LogP contribution >= 0.6 is 11.3 Å². The van der Waals surface area contributed by atoms with Gasteiger partial charge < -0.3 is 15.4 Å². The van der Waals surface area contributed by atoms with Gasteiger partial charge in [0.2, 0.25) is 0 Å². The Morgan fingerprint density at radius 2 is 1.77 bits per heavy atom. The fraction of sp³-hybridized carbons (Fsp3) is 0.105. The zero-order valence-electron chi connectivity index (χ0n) is 13.7. The van der Waals surface area contributed by atoms with Gasteiger partial charge in [-0.2, -0.15) is 0 Å². The van der Waals surface area contributed by atoms with Crippen LogP contribution in [-0.2, 0) is 14.3 Å². The van der Waals surface area contributed by atoms with Gasteiger partial charge in [0.25, 0.3) is 11.8 Å². The van der Waals surface area contributed by atoms with Gasteiger partial charge in [0.05, 0.1) is 4.88 Å². The molecule has 0 spiro atoms. The summed E-state index contributed by atoms with van der Waals surface area (Å²) in [6.07, 6.45) is 0. The predicted molar refractivity (Wildman–Crippen MR) is 100 cm³/mol. The molecule has 3 rings (SSSR count). The highest BCUT2D eigenvalue weighted by molar-refractivity contribution is 7.12. The van der Waals surface area contributed by atoms with E-state index in [0.29, 0.717) is 10.6 Å². The van der Waals surface area contributed by atoms with Crippen molar-refractivity contribution in [3.8, 4) is 0 Å². The molecule has 0 fully saturated rings. The molecular formula is C19H16N2O4S. The zero-order chi connectivity index (χ0) is 18.4. The summed E-state index contributed by atoms with van der Waals surface area (Å²) < 4.78 is 4.89. The molecule has 1 aromatic heterocycles. The molecule has 0 atom stereocenters. The van der Waals surface area contributed by atoms with Crippen molar-refractivity contribution in [3.63, 3.8) is 0 Å². The first kappa shape index (κ1) is 17.6. The molecule has 2 amide bonds. The second-order valence-corrected chi connectivity index (χ2v) is 6.34. The largest absolute Gasteiger partial charge is 0.454 e. The van der Waals surface area contributed by atoms with Crippen molar-refractivity contribution in [2.75, 3.05) is 18.5 Å². The van der Waals surface area contributed by atoms with Crippen molar-refractivity contribution >= 4 is 45.6 Å². The van der Waals surface area contributed by atoms with Crippen LogP contribution in [0.3, 0.4) is 0 Å². The lowest BCUT2D eigenvalue weighted by Crippen LogP contribution is -2.31. The molecule has 0 unspecified atom stereocenters. The molecule has 0 aliphatic rings. The summed E-state index contributed by atoms with van der Waals surface area (Å²) in [4.78, 5) is 35.9. The van der Waals surface area contributed by atoms with Crippen LogP contribution in [0.2, 0.25) is 0 Å². The third-order valence-electron chi connectivity index (χ3n) is 3.57. The first-order chi connectivity index (χ1) is 12.6. The smallest absolute Gasteiger partial charge is 0.325 e. The molecule has 0 bridgehead atoms. The van der Waals surface area contributed by atoms with Crippen LogP contribution in [0, 0.1) is 0 Å². The van der Waals surface area contributed by atoms with Crippen LogP contribution in [0.25, 0.3) is 10.8 Å². The van der Waals surface area contributed by atoms with Crippen LogP contribution < -0.4 is 10.6 Å². The van der Waals surface area contributed by atoms with Gasteiger partial charge in [0.1, 0.15) is 6.54 Å². The fourth-order valence-corrected chi connectivity index (χ4v) is 3.01. The topological polar surface area (TPSA) is 84.5 Å². The number of hydrogen-bond donors (Lipinski definition) is 2. The number of nitrogens with one attached hydrogen (secondary N) is 2. The lowest BCUT2D eigenvalue weighted by molar-refractivity contribution is -0.146. The molecule has 26 heavy (non-hydrogen) atoms. The Labute approximate surface area is 153 Å². The Balaban J connectivity index is 1.47. The number of rotatable bonds is 6. The number of anilines is 1. The van der Waals surface area contributed by atoms with Crippen molar-refractivity contribution in [1.29, 1.82) is 0 Å². The fourth-order valence-electron chi connectivity index (χ4n) is 2.37. The molecular weight excluding hydrogens is 352 g/mol. The Morgan fingerprint density at radius 3 is 2.58 bits per heavy atom. The van der Waals surface area contributed by atoms with Crippen molar-refractivity contribution in [1.82, 2.24) is 5.32 Å².